The summed E-state index contributed by atoms with van der Waals surface area (Å²) in [5.74, 6) is 1.38. The number of amides is 1. The number of rotatable bonds is 7. The van der Waals surface area contributed by atoms with Gasteiger partial charge in [-0.05, 0) is 92.3 Å². The molecule has 1 unspecified atom stereocenters. The summed E-state index contributed by atoms with van der Waals surface area (Å²) >= 11 is 4.97. The van der Waals surface area contributed by atoms with E-state index >= 15 is 0 Å². The number of aryl methyl sites for hydroxylation is 1. The third-order valence-corrected chi connectivity index (χ3v) is 14.7. The van der Waals surface area contributed by atoms with Crippen molar-refractivity contribution in [1.82, 2.24) is 14.5 Å². The predicted molar refractivity (Wildman–Crippen MR) is 214 cm³/mol. The first-order valence-corrected chi connectivity index (χ1v) is 21.6. The number of carbonyl (C=O) groups excluding carboxylic acids is 1. The van der Waals surface area contributed by atoms with E-state index in [2.05, 4.69) is 57.6 Å². The van der Waals surface area contributed by atoms with Crippen LogP contribution in [-0.2, 0) is 27.3 Å². The number of carbonyl (C=O) groups is 1. The molecule has 2 bridgehead atoms. The minimum absolute atomic E-state index is 0.0996. The number of hydrogen-bond donors (Lipinski definition) is 1. The molecule has 290 valence electrons. The first kappa shape index (κ1) is 38.9. The highest BCUT2D eigenvalue weighted by Crippen LogP contribution is 2.47. The standard InChI is InChI=1S/C42H59ClN4O5S/c1-5-7-31-22-35(43)11-12-37(31)34-25-47-24-33-9-13-38(33)42(50-4,28-45-17-19-46(20-18-45)36-15-21-51-27-36)16-6-8-29(2)30(3)53(49)44-41(48)32-10-14-40(52-26-34)39(47)23-32/h6,10-12,14,16,22-23,29-30,33-34,36,38H,5,7-9,13,15,17-21,24-28H2,1-4H3,(H,44,48)/b16-6+/t29-,30+,33-,34-,36+,38+,42+,53?/m0/s1. The maximum absolute atomic E-state index is 13.6. The highest BCUT2D eigenvalue weighted by atomic mass is 35.5. The zero-order valence-electron chi connectivity index (χ0n) is 32.1. The van der Waals surface area contributed by atoms with Crippen LogP contribution < -0.4 is 14.4 Å². The molecular formula is C42H59ClN4O5S. The number of allylic oxidation sites excluding steroid dienone is 1. The van der Waals surface area contributed by atoms with E-state index in [-0.39, 0.29) is 23.0 Å². The Morgan fingerprint density at radius 2 is 1.89 bits per heavy atom. The van der Waals surface area contributed by atoms with E-state index in [0.29, 0.717) is 30.0 Å². The van der Waals surface area contributed by atoms with Gasteiger partial charge in [-0.3, -0.25) is 14.6 Å². The fourth-order valence-corrected chi connectivity index (χ4v) is 10.5. The molecule has 4 aliphatic heterocycles. The van der Waals surface area contributed by atoms with Crippen molar-refractivity contribution in [2.75, 3.05) is 77.6 Å². The molecule has 1 N–H and O–H groups in total. The monoisotopic (exact) mass is 766 g/mol. The minimum Gasteiger partial charge on any atom is -0.593 e. The number of ether oxygens (including phenoxy) is 3. The van der Waals surface area contributed by atoms with Crippen molar-refractivity contribution in [2.24, 2.45) is 17.8 Å². The Labute approximate surface area is 325 Å². The van der Waals surface area contributed by atoms with Crippen molar-refractivity contribution < 1.29 is 23.6 Å². The zero-order chi connectivity index (χ0) is 37.1. The lowest BCUT2D eigenvalue weighted by molar-refractivity contribution is -0.0963. The average Bonchev–Trinajstić information content (AvgIpc) is 3.63. The van der Waals surface area contributed by atoms with Crippen molar-refractivity contribution in [1.29, 1.82) is 0 Å². The van der Waals surface area contributed by atoms with Gasteiger partial charge in [0.25, 0.3) is 5.91 Å². The molecule has 2 saturated heterocycles. The van der Waals surface area contributed by atoms with E-state index < -0.39 is 17.0 Å². The van der Waals surface area contributed by atoms with Crippen molar-refractivity contribution in [3.8, 4) is 5.75 Å². The van der Waals surface area contributed by atoms with Gasteiger partial charge in [-0.1, -0.05) is 50.1 Å². The minimum atomic E-state index is -1.55. The Bertz CT molecular complexity index is 1600. The quantitative estimate of drug-likeness (QED) is 0.254. The van der Waals surface area contributed by atoms with Crippen molar-refractivity contribution in [2.45, 2.75) is 82.1 Å². The Morgan fingerprint density at radius 3 is 2.60 bits per heavy atom. The maximum atomic E-state index is 13.6. The number of benzene rings is 2. The molecule has 4 heterocycles. The van der Waals surface area contributed by atoms with Gasteiger partial charge in [0.15, 0.2) is 0 Å². The van der Waals surface area contributed by atoms with Gasteiger partial charge in [0, 0.05) is 88.0 Å². The van der Waals surface area contributed by atoms with Crippen LogP contribution in [-0.4, -0.2) is 110 Å². The zero-order valence-corrected chi connectivity index (χ0v) is 33.6. The maximum Gasteiger partial charge on any atom is 0.292 e. The SMILES string of the molecule is CCCc1cc(Cl)ccc1[C@@H]1COc2ccc3cc2N(C1)C[C@@H]1CC[C@H]1[C@@](CN1CCN([C@@H]2CCOC2)CC1)(OC)/C=C/C[C@H](C)[C@@H](C)[S+]([O-])NC3=O. The summed E-state index contributed by atoms with van der Waals surface area (Å²) in [7, 11) is 1.90. The van der Waals surface area contributed by atoms with E-state index in [9.17, 15) is 9.35 Å². The third kappa shape index (κ3) is 8.59. The number of anilines is 1. The first-order valence-electron chi connectivity index (χ1n) is 20.0. The molecule has 0 aromatic heterocycles. The molecule has 7 rings (SSSR count). The van der Waals surface area contributed by atoms with Gasteiger partial charge in [-0.25, -0.2) is 0 Å². The normalized spacial score (nSPS) is 33.7. The molecule has 1 aliphatic carbocycles. The first-order chi connectivity index (χ1) is 25.7. The Balaban J connectivity index is 1.22. The van der Waals surface area contributed by atoms with E-state index in [4.69, 9.17) is 25.8 Å². The van der Waals surface area contributed by atoms with Gasteiger partial charge < -0.3 is 23.7 Å². The van der Waals surface area contributed by atoms with Gasteiger partial charge in [-0.2, -0.15) is 4.72 Å². The number of methoxy groups -OCH3 is 1. The summed E-state index contributed by atoms with van der Waals surface area (Å²) in [6, 6.07) is 12.5. The molecule has 0 radical (unpaired) electrons. The Hall–Kier alpha value is -2.31. The van der Waals surface area contributed by atoms with Crippen LogP contribution in [0, 0.1) is 17.8 Å². The van der Waals surface area contributed by atoms with Gasteiger partial charge in [-0.15, -0.1) is 0 Å². The number of hydrogen-bond acceptors (Lipinski definition) is 8. The van der Waals surface area contributed by atoms with Crippen LogP contribution in [0.25, 0.3) is 0 Å². The van der Waals surface area contributed by atoms with E-state index in [1.165, 1.54) is 11.1 Å². The topological polar surface area (TPSA) is 89.6 Å². The van der Waals surface area contributed by atoms with E-state index in [1.54, 1.807) is 6.07 Å². The highest BCUT2D eigenvalue weighted by Gasteiger charge is 2.49. The second-order valence-electron chi connectivity index (χ2n) is 16.2. The van der Waals surface area contributed by atoms with Crippen LogP contribution in [0.15, 0.2) is 48.6 Å². The van der Waals surface area contributed by atoms with E-state index in [1.807, 2.05) is 32.2 Å². The average molecular weight is 767 g/mol. The molecule has 9 nitrogen and oxygen atoms in total. The molecule has 53 heavy (non-hydrogen) atoms. The number of nitrogens with zero attached hydrogens (tertiary/aromatic N) is 3. The lowest BCUT2D eigenvalue weighted by atomic mass is 9.63. The largest absolute Gasteiger partial charge is 0.593 e. The lowest BCUT2D eigenvalue weighted by Gasteiger charge is -2.52. The van der Waals surface area contributed by atoms with Crippen molar-refractivity contribution in [3.05, 3.63) is 70.3 Å². The number of fused-ring (bicyclic) bond motifs is 2. The fraction of sp³-hybridized carbons (Fsp3) is 0.643. The lowest BCUT2D eigenvalue weighted by Crippen LogP contribution is -2.59. The molecular weight excluding hydrogens is 708 g/mol. The molecule has 3 fully saturated rings. The number of nitrogens with one attached hydrogen (secondary N) is 1. The number of halogens is 1. The van der Waals surface area contributed by atoms with Crippen molar-refractivity contribution >= 4 is 34.6 Å². The summed E-state index contributed by atoms with van der Waals surface area (Å²) < 4.78 is 35.4. The molecule has 1 amide bonds. The van der Waals surface area contributed by atoms with Crippen LogP contribution >= 0.6 is 11.6 Å². The molecule has 5 aliphatic rings. The van der Waals surface area contributed by atoms with Gasteiger partial charge in [0.1, 0.15) is 16.6 Å². The summed E-state index contributed by atoms with van der Waals surface area (Å²) in [5, 5.41) is 0.530. The number of piperazine rings is 1. The van der Waals surface area contributed by atoms with Crippen LogP contribution in [0.4, 0.5) is 5.69 Å². The fourth-order valence-electron chi connectivity index (χ4n) is 9.32. The Morgan fingerprint density at radius 1 is 1.06 bits per heavy atom. The van der Waals surface area contributed by atoms with E-state index in [0.717, 1.165) is 114 Å². The summed E-state index contributed by atoms with van der Waals surface area (Å²) in [6.45, 7) is 15.1. The Kier molecular flexibility index (Phi) is 12.7. The second-order valence-corrected chi connectivity index (χ2v) is 18.1. The molecule has 2 aromatic rings. The molecule has 0 spiro atoms. The molecule has 11 heteroatoms. The molecule has 8 atom stereocenters. The third-order valence-electron chi connectivity index (χ3n) is 12.9. The smallest absolute Gasteiger partial charge is 0.292 e. The molecule has 2 aromatic carbocycles. The summed E-state index contributed by atoms with van der Waals surface area (Å²) in [6.07, 6.45) is 10.7. The van der Waals surface area contributed by atoms with Gasteiger partial charge in [0.05, 0.1) is 30.3 Å². The van der Waals surface area contributed by atoms with Crippen molar-refractivity contribution in [3.63, 3.8) is 0 Å². The second kappa shape index (κ2) is 17.2. The highest BCUT2D eigenvalue weighted by molar-refractivity contribution is 7.90. The van der Waals surface area contributed by atoms with Crippen LogP contribution in [0.5, 0.6) is 5.75 Å². The molecule has 1 saturated carbocycles. The van der Waals surface area contributed by atoms with Crippen LogP contribution in [0.1, 0.15) is 80.3 Å². The van der Waals surface area contributed by atoms with Crippen LogP contribution in [0.2, 0.25) is 5.02 Å². The van der Waals surface area contributed by atoms with Crippen LogP contribution in [0.3, 0.4) is 0 Å². The van der Waals surface area contributed by atoms with Gasteiger partial charge in [0.2, 0.25) is 0 Å². The summed E-state index contributed by atoms with van der Waals surface area (Å²) in [4.78, 5) is 21.3. The summed E-state index contributed by atoms with van der Waals surface area (Å²) in [5.41, 5.74) is 3.50. The predicted octanol–water partition coefficient (Wildman–Crippen LogP) is 6.47. The van der Waals surface area contributed by atoms with Gasteiger partial charge >= 0.3 is 0 Å².